The fraction of sp³-hybridized carbons (Fsp3) is 0.500. The van der Waals surface area contributed by atoms with E-state index in [1.807, 2.05) is 6.92 Å². The maximum absolute atomic E-state index is 13.5. The van der Waals surface area contributed by atoms with Crippen LogP contribution < -0.4 is 5.32 Å². The van der Waals surface area contributed by atoms with Gasteiger partial charge in [0.1, 0.15) is 11.5 Å². The van der Waals surface area contributed by atoms with Crippen LogP contribution in [0, 0.1) is 11.7 Å². The van der Waals surface area contributed by atoms with Crippen molar-refractivity contribution in [3.8, 4) is 0 Å². The van der Waals surface area contributed by atoms with Crippen LogP contribution in [0.25, 0.3) is 0 Å². The number of hydrogen-bond donors (Lipinski definition) is 2. The van der Waals surface area contributed by atoms with Gasteiger partial charge in [0.25, 0.3) is 5.91 Å². The molecule has 0 bridgehead atoms. The summed E-state index contributed by atoms with van der Waals surface area (Å²) in [4.78, 5) is 28.8. The first-order chi connectivity index (χ1) is 16.0. The number of aliphatic hydroxyl groups excluding tert-OH is 1. The van der Waals surface area contributed by atoms with Gasteiger partial charge in [0.15, 0.2) is 0 Å². The molecule has 2 atom stereocenters. The molecule has 0 saturated carbocycles. The van der Waals surface area contributed by atoms with E-state index < -0.39 is 29.7 Å². The molecular weight excluding hydrogens is 458 g/mol. The lowest BCUT2D eigenvalue weighted by Crippen LogP contribution is -2.40. The van der Waals surface area contributed by atoms with Gasteiger partial charge in [-0.25, -0.2) is 9.18 Å². The van der Waals surface area contributed by atoms with E-state index in [9.17, 15) is 32.3 Å². The molecule has 1 aromatic carbocycles. The molecule has 2 aliphatic rings. The molecule has 3 heterocycles. The maximum atomic E-state index is 13.5. The number of nitrogens with zero attached hydrogens (tertiary/aromatic N) is 4. The lowest BCUT2D eigenvalue weighted by Gasteiger charge is -2.28. The van der Waals surface area contributed by atoms with Gasteiger partial charge < -0.3 is 20.2 Å². The SMILES string of the molecule is CC[C@H](O)[C@H]1CN(C)C(=O)c2c3c(nn2C1)CCN(C(=O)Nc1ccc(F)c(C(F)(F)F)c1)C3. The third-order valence-corrected chi connectivity index (χ3v) is 6.34. The molecule has 3 amide bonds. The molecule has 0 fully saturated rings. The van der Waals surface area contributed by atoms with Crippen LogP contribution in [0.4, 0.5) is 28.0 Å². The highest BCUT2D eigenvalue weighted by atomic mass is 19.4. The fourth-order valence-corrected chi connectivity index (χ4v) is 4.47. The number of urea groups is 1. The number of rotatable bonds is 3. The maximum Gasteiger partial charge on any atom is 0.419 e. The Kier molecular flexibility index (Phi) is 6.28. The van der Waals surface area contributed by atoms with E-state index >= 15 is 0 Å². The van der Waals surface area contributed by atoms with Crippen LogP contribution in [0.15, 0.2) is 18.2 Å². The molecule has 0 radical (unpaired) electrons. The Morgan fingerprint density at radius 2 is 2.06 bits per heavy atom. The van der Waals surface area contributed by atoms with Crippen molar-refractivity contribution in [1.82, 2.24) is 19.6 Å². The van der Waals surface area contributed by atoms with E-state index in [2.05, 4.69) is 10.4 Å². The number of carbonyl (C=O) groups is 2. The van der Waals surface area contributed by atoms with Crippen molar-refractivity contribution in [2.75, 3.05) is 25.5 Å². The smallest absolute Gasteiger partial charge is 0.393 e. The Balaban J connectivity index is 1.56. The van der Waals surface area contributed by atoms with Crippen molar-refractivity contribution in [3.05, 3.63) is 46.5 Å². The van der Waals surface area contributed by atoms with E-state index in [0.29, 0.717) is 55.0 Å². The lowest BCUT2D eigenvalue weighted by atomic mass is 10.0. The molecule has 1 aromatic heterocycles. The fourth-order valence-electron chi connectivity index (χ4n) is 4.47. The van der Waals surface area contributed by atoms with Gasteiger partial charge in [-0.2, -0.15) is 18.3 Å². The number of anilines is 1. The van der Waals surface area contributed by atoms with Crippen molar-refractivity contribution in [3.63, 3.8) is 0 Å². The van der Waals surface area contributed by atoms with Crippen molar-refractivity contribution < 1.29 is 32.3 Å². The predicted octanol–water partition coefficient (Wildman–Crippen LogP) is 3.10. The second-order valence-corrected chi connectivity index (χ2v) is 8.67. The van der Waals surface area contributed by atoms with E-state index in [1.165, 1.54) is 9.80 Å². The molecule has 2 aromatic rings. The topological polar surface area (TPSA) is 90.7 Å². The minimum absolute atomic E-state index is 0.0460. The van der Waals surface area contributed by atoms with Crippen LogP contribution in [-0.4, -0.2) is 62.9 Å². The van der Waals surface area contributed by atoms with Crippen molar-refractivity contribution in [2.45, 2.75) is 45.1 Å². The summed E-state index contributed by atoms with van der Waals surface area (Å²) >= 11 is 0. The van der Waals surface area contributed by atoms with Crippen LogP contribution in [-0.2, 0) is 25.7 Å². The number of carbonyl (C=O) groups excluding carboxylic acids is 2. The second-order valence-electron chi connectivity index (χ2n) is 8.67. The average Bonchev–Trinajstić information content (AvgIpc) is 3.08. The minimum atomic E-state index is -4.89. The summed E-state index contributed by atoms with van der Waals surface area (Å²) in [6, 6.07) is 1.59. The van der Waals surface area contributed by atoms with E-state index in [4.69, 9.17) is 0 Å². The van der Waals surface area contributed by atoms with E-state index in [0.717, 1.165) is 6.07 Å². The number of nitrogens with one attached hydrogen (secondary N) is 1. The van der Waals surface area contributed by atoms with Gasteiger partial charge in [-0.15, -0.1) is 0 Å². The summed E-state index contributed by atoms with van der Waals surface area (Å²) in [5.74, 6) is -1.89. The first kappa shape index (κ1) is 24.0. The zero-order valence-corrected chi connectivity index (χ0v) is 18.7. The highest BCUT2D eigenvalue weighted by Gasteiger charge is 2.37. The molecule has 34 heavy (non-hydrogen) atoms. The number of aliphatic hydroxyl groups is 1. The summed E-state index contributed by atoms with van der Waals surface area (Å²) in [6.07, 6.45) is -4.59. The predicted molar refractivity (Wildman–Crippen MR) is 114 cm³/mol. The Hall–Kier alpha value is -3.15. The molecule has 184 valence electrons. The highest BCUT2D eigenvalue weighted by molar-refractivity contribution is 5.95. The Morgan fingerprint density at radius 1 is 1.32 bits per heavy atom. The van der Waals surface area contributed by atoms with Gasteiger partial charge in [0.2, 0.25) is 0 Å². The summed E-state index contributed by atoms with van der Waals surface area (Å²) in [5.41, 5.74) is -0.0494. The lowest BCUT2D eigenvalue weighted by molar-refractivity contribution is -0.139. The molecule has 0 aliphatic carbocycles. The van der Waals surface area contributed by atoms with Gasteiger partial charge in [-0.1, -0.05) is 6.92 Å². The van der Waals surface area contributed by atoms with Crippen LogP contribution in [0.2, 0.25) is 0 Å². The van der Waals surface area contributed by atoms with Crippen LogP contribution in [0.5, 0.6) is 0 Å². The number of amides is 3. The van der Waals surface area contributed by atoms with Gasteiger partial charge in [-0.3, -0.25) is 9.48 Å². The number of fused-ring (bicyclic) bond motifs is 3. The van der Waals surface area contributed by atoms with E-state index in [1.54, 1.807) is 11.7 Å². The molecule has 12 heteroatoms. The Labute approximate surface area is 193 Å². The number of alkyl halides is 3. The molecule has 0 spiro atoms. The number of aromatic nitrogens is 2. The third-order valence-electron chi connectivity index (χ3n) is 6.34. The zero-order chi connectivity index (χ0) is 24.8. The van der Waals surface area contributed by atoms with Crippen molar-refractivity contribution in [2.24, 2.45) is 5.92 Å². The zero-order valence-electron chi connectivity index (χ0n) is 18.7. The van der Waals surface area contributed by atoms with Crippen LogP contribution in [0.1, 0.15) is 40.7 Å². The molecule has 0 unspecified atom stereocenters. The number of hydrogen-bond acceptors (Lipinski definition) is 4. The standard InChI is InChI=1S/C22H25F4N5O3/c1-3-18(32)12-9-29(2)20(33)19-14-11-30(7-6-17(14)28-31(19)10-12)21(34)27-13-4-5-16(23)15(8-13)22(24,25)26/h4-5,8,12,18,32H,3,6-7,9-11H2,1-2H3,(H,27,34)/t12-,18-/m0/s1. The normalized spacial score (nSPS) is 19.4. The quantitative estimate of drug-likeness (QED) is 0.657. The van der Waals surface area contributed by atoms with E-state index in [-0.39, 0.29) is 30.6 Å². The largest absolute Gasteiger partial charge is 0.419 e. The number of benzene rings is 1. The summed E-state index contributed by atoms with van der Waals surface area (Å²) in [5, 5.41) is 17.3. The summed E-state index contributed by atoms with van der Waals surface area (Å²) in [6.45, 7) is 2.87. The first-order valence-corrected chi connectivity index (χ1v) is 10.9. The molecule has 8 nitrogen and oxygen atoms in total. The third kappa shape index (κ3) is 4.46. The average molecular weight is 483 g/mol. The highest BCUT2D eigenvalue weighted by Crippen LogP contribution is 2.33. The van der Waals surface area contributed by atoms with Gasteiger partial charge in [0.05, 0.1) is 23.9 Å². The van der Waals surface area contributed by atoms with Crippen molar-refractivity contribution in [1.29, 1.82) is 0 Å². The molecule has 4 rings (SSSR count). The molecule has 2 N–H and O–H groups in total. The first-order valence-electron chi connectivity index (χ1n) is 10.9. The Bertz CT molecular complexity index is 1120. The van der Waals surface area contributed by atoms with Crippen LogP contribution >= 0.6 is 0 Å². The molecule has 2 aliphatic heterocycles. The second kappa shape index (κ2) is 8.90. The number of halogens is 4. The van der Waals surface area contributed by atoms with Gasteiger partial charge >= 0.3 is 12.2 Å². The molecule has 0 saturated heterocycles. The summed E-state index contributed by atoms with van der Waals surface area (Å²) < 4.78 is 54.1. The minimum Gasteiger partial charge on any atom is -0.393 e. The Morgan fingerprint density at radius 3 is 2.74 bits per heavy atom. The van der Waals surface area contributed by atoms with Crippen molar-refractivity contribution >= 4 is 17.6 Å². The van der Waals surface area contributed by atoms with Crippen LogP contribution in [0.3, 0.4) is 0 Å². The summed E-state index contributed by atoms with van der Waals surface area (Å²) in [7, 11) is 1.65. The monoisotopic (exact) mass is 483 g/mol. The molecular formula is C22H25F4N5O3. The van der Waals surface area contributed by atoms with Gasteiger partial charge in [0, 0.05) is 50.3 Å². The van der Waals surface area contributed by atoms with Gasteiger partial charge in [-0.05, 0) is 24.6 Å².